The zero-order valence-corrected chi connectivity index (χ0v) is 20.3. The lowest BCUT2D eigenvalue weighted by Gasteiger charge is -2.30. The molecule has 0 saturated carbocycles. The first-order valence-corrected chi connectivity index (χ1v) is 11.3. The van der Waals surface area contributed by atoms with Crippen LogP contribution in [0.3, 0.4) is 0 Å². The summed E-state index contributed by atoms with van der Waals surface area (Å²) in [5.74, 6) is -1.20. The average Bonchev–Trinajstić information content (AvgIpc) is 3.10. The number of carbonyl (C=O) groups is 2. The second kappa shape index (κ2) is 9.21. The molecule has 2 aromatic heterocycles. The van der Waals surface area contributed by atoms with Crippen molar-refractivity contribution in [3.63, 3.8) is 0 Å². The monoisotopic (exact) mass is 463 g/mol. The number of aromatic nitrogens is 2. The molecule has 3 heterocycles. The van der Waals surface area contributed by atoms with Gasteiger partial charge in [0.15, 0.2) is 0 Å². The summed E-state index contributed by atoms with van der Waals surface area (Å²) in [6.07, 6.45) is 0. The minimum Gasteiger partial charge on any atom is -0.494 e. The summed E-state index contributed by atoms with van der Waals surface area (Å²) in [6, 6.07) is 9.72. The molecular formula is C26H29N3O5. The zero-order valence-electron chi connectivity index (χ0n) is 20.3. The summed E-state index contributed by atoms with van der Waals surface area (Å²) < 4.78 is 18.5. The molecule has 8 heteroatoms. The van der Waals surface area contributed by atoms with Gasteiger partial charge in [-0.25, -0.2) is 14.6 Å². The molecule has 8 nitrogen and oxygen atoms in total. The Labute approximate surface area is 198 Å². The molecule has 34 heavy (non-hydrogen) atoms. The van der Waals surface area contributed by atoms with Gasteiger partial charge in [-0.2, -0.15) is 0 Å². The Morgan fingerprint density at radius 1 is 1.03 bits per heavy atom. The highest BCUT2D eigenvalue weighted by Gasteiger charge is 2.39. The maximum Gasteiger partial charge on any atom is 0.336 e. The molecule has 0 unspecified atom stereocenters. The van der Waals surface area contributed by atoms with Crippen LogP contribution in [-0.2, 0) is 26.1 Å². The van der Waals surface area contributed by atoms with E-state index in [1.165, 1.54) is 0 Å². The van der Waals surface area contributed by atoms with Gasteiger partial charge < -0.3 is 24.1 Å². The summed E-state index contributed by atoms with van der Waals surface area (Å²) in [5.41, 5.74) is 4.92. The van der Waals surface area contributed by atoms with Crippen LogP contribution in [0.4, 0.5) is 0 Å². The average molecular weight is 464 g/mol. The lowest BCUT2D eigenvalue weighted by Crippen LogP contribution is -2.33. The highest BCUT2D eigenvalue weighted by atomic mass is 16.5. The van der Waals surface area contributed by atoms with Crippen LogP contribution in [0.5, 0.6) is 5.75 Å². The van der Waals surface area contributed by atoms with Crippen molar-refractivity contribution in [2.75, 3.05) is 20.3 Å². The molecule has 0 radical (unpaired) electrons. The maximum absolute atomic E-state index is 13.1. The molecule has 0 saturated heterocycles. The molecule has 1 N–H and O–H groups in total. The number of pyridine rings is 1. The summed E-state index contributed by atoms with van der Waals surface area (Å²) in [4.78, 5) is 31.2. The molecule has 0 amide bonds. The number of esters is 2. The normalized spacial score (nSPS) is 14.5. The third-order valence-corrected chi connectivity index (χ3v) is 6.10. The van der Waals surface area contributed by atoms with E-state index in [0.717, 1.165) is 21.9 Å². The van der Waals surface area contributed by atoms with Crippen molar-refractivity contribution >= 4 is 33.9 Å². The Balaban J connectivity index is 2.05. The number of dihydropyridines is 1. The van der Waals surface area contributed by atoms with Crippen LogP contribution in [0.25, 0.3) is 21.9 Å². The zero-order chi connectivity index (χ0) is 24.6. The molecule has 1 aliphatic rings. The van der Waals surface area contributed by atoms with Gasteiger partial charge in [-0.1, -0.05) is 18.2 Å². The molecule has 3 aromatic rings. The smallest absolute Gasteiger partial charge is 0.336 e. The summed E-state index contributed by atoms with van der Waals surface area (Å²) in [6.45, 7) is 7.49. The number of para-hydroxylation sites is 1. The predicted molar refractivity (Wildman–Crippen MR) is 129 cm³/mol. The van der Waals surface area contributed by atoms with E-state index >= 15 is 0 Å². The number of rotatable bonds is 6. The Kier molecular flexibility index (Phi) is 6.32. The number of nitrogens with zero attached hydrogens (tertiary/aromatic N) is 2. The van der Waals surface area contributed by atoms with Crippen LogP contribution in [0.1, 0.15) is 39.3 Å². The van der Waals surface area contributed by atoms with Crippen molar-refractivity contribution in [2.24, 2.45) is 7.05 Å². The minimum atomic E-state index is -0.781. The maximum atomic E-state index is 13.1. The van der Waals surface area contributed by atoms with Crippen molar-refractivity contribution in [2.45, 2.75) is 33.6 Å². The molecule has 178 valence electrons. The van der Waals surface area contributed by atoms with E-state index in [1.54, 1.807) is 40.9 Å². The van der Waals surface area contributed by atoms with Crippen molar-refractivity contribution in [3.8, 4) is 5.75 Å². The lowest BCUT2D eigenvalue weighted by molar-refractivity contribution is -0.139. The van der Waals surface area contributed by atoms with E-state index in [1.807, 2.05) is 35.9 Å². The van der Waals surface area contributed by atoms with Gasteiger partial charge in [-0.05, 0) is 33.8 Å². The van der Waals surface area contributed by atoms with E-state index in [4.69, 9.17) is 19.2 Å². The lowest BCUT2D eigenvalue weighted by atomic mass is 9.82. The number of ether oxygens (including phenoxy) is 3. The number of methoxy groups -OCH3 is 1. The third-order valence-electron chi connectivity index (χ3n) is 6.10. The van der Waals surface area contributed by atoms with Gasteiger partial charge in [-0.15, -0.1) is 0 Å². The second-order valence-corrected chi connectivity index (χ2v) is 8.10. The topological polar surface area (TPSA) is 91.7 Å². The summed E-state index contributed by atoms with van der Waals surface area (Å²) >= 11 is 0. The van der Waals surface area contributed by atoms with Crippen LogP contribution < -0.4 is 10.1 Å². The Bertz CT molecular complexity index is 1330. The van der Waals surface area contributed by atoms with Crippen molar-refractivity contribution < 1.29 is 23.8 Å². The van der Waals surface area contributed by atoms with Crippen LogP contribution in [0, 0.1) is 0 Å². The second-order valence-electron chi connectivity index (χ2n) is 8.10. The van der Waals surface area contributed by atoms with Gasteiger partial charge in [0.05, 0.1) is 48.6 Å². The standard InChI is InChI=1S/C26H29N3O5/c1-7-33-25(30)20-14(3)27-15(4)21(26(31)34-8-2)22(20)17-13-19(32-6)24-23(28-17)16-11-9-10-12-18(16)29(24)5/h9-13,22,27H,7-8H2,1-6H3. The molecule has 1 aromatic carbocycles. The van der Waals surface area contributed by atoms with E-state index in [-0.39, 0.29) is 13.2 Å². The molecule has 1 aliphatic heterocycles. The van der Waals surface area contributed by atoms with Gasteiger partial charge in [-0.3, -0.25) is 0 Å². The Morgan fingerprint density at radius 3 is 2.18 bits per heavy atom. The molecule has 0 atom stereocenters. The Morgan fingerprint density at radius 2 is 1.62 bits per heavy atom. The van der Waals surface area contributed by atoms with Gasteiger partial charge in [0.1, 0.15) is 16.8 Å². The fraction of sp³-hybridized carbons (Fsp3) is 0.346. The molecule has 0 fully saturated rings. The van der Waals surface area contributed by atoms with Crippen LogP contribution in [0.15, 0.2) is 52.9 Å². The largest absolute Gasteiger partial charge is 0.494 e. The van der Waals surface area contributed by atoms with Crippen molar-refractivity contribution in [1.29, 1.82) is 0 Å². The molecule has 0 bridgehead atoms. The first-order valence-electron chi connectivity index (χ1n) is 11.3. The van der Waals surface area contributed by atoms with E-state index < -0.39 is 17.9 Å². The molecule has 0 spiro atoms. The molecule has 0 aliphatic carbocycles. The van der Waals surface area contributed by atoms with Gasteiger partial charge in [0.2, 0.25) is 0 Å². The first-order chi connectivity index (χ1) is 16.3. The minimum absolute atomic E-state index is 0.207. The molecular weight excluding hydrogens is 434 g/mol. The van der Waals surface area contributed by atoms with Crippen LogP contribution in [0.2, 0.25) is 0 Å². The fourth-order valence-electron chi connectivity index (χ4n) is 4.68. The van der Waals surface area contributed by atoms with Crippen LogP contribution in [-0.4, -0.2) is 41.8 Å². The number of fused-ring (bicyclic) bond motifs is 3. The third kappa shape index (κ3) is 3.69. The number of hydrogen-bond donors (Lipinski definition) is 1. The van der Waals surface area contributed by atoms with E-state index in [9.17, 15) is 9.59 Å². The number of carbonyl (C=O) groups excluding carboxylic acids is 2. The van der Waals surface area contributed by atoms with Gasteiger partial charge >= 0.3 is 11.9 Å². The van der Waals surface area contributed by atoms with E-state index in [2.05, 4.69) is 5.32 Å². The van der Waals surface area contributed by atoms with Gasteiger partial charge in [0.25, 0.3) is 0 Å². The predicted octanol–water partition coefficient (Wildman–Crippen LogP) is 4.10. The SMILES string of the molecule is CCOC(=O)C1=C(C)NC(C)=C(C(=O)OCC)C1c1cc(OC)c2c(n1)c1ccccc1n2C. The number of hydrogen-bond acceptors (Lipinski definition) is 7. The first kappa shape index (κ1) is 23.4. The number of nitrogens with one attached hydrogen (secondary N) is 1. The quantitative estimate of drug-likeness (QED) is 0.551. The highest BCUT2D eigenvalue weighted by Crippen LogP contribution is 2.42. The highest BCUT2D eigenvalue weighted by molar-refractivity contribution is 6.08. The van der Waals surface area contributed by atoms with Crippen molar-refractivity contribution in [3.05, 3.63) is 58.6 Å². The molecule has 4 rings (SSSR count). The fourth-order valence-corrected chi connectivity index (χ4v) is 4.68. The van der Waals surface area contributed by atoms with Crippen molar-refractivity contribution in [1.82, 2.24) is 14.9 Å². The number of allylic oxidation sites excluding steroid dienone is 2. The summed E-state index contributed by atoms with van der Waals surface area (Å²) in [7, 11) is 3.56. The van der Waals surface area contributed by atoms with Gasteiger partial charge in [0, 0.05) is 29.9 Å². The number of aryl methyl sites for hydroxylation is 1. The number of benzene rings is 1. The van der Waals surface area contributed by atoms with E-state index in [0.29, 0.717) is 34.0 Å². The van der Waals surface area contributed by atoms with Crippen LogP contribution >= 0.6 is 0 Å². The Hall–Kier alpha value is -3.81. The summed E-state index contributed by atoms with van der Waals surface area (Å²) in [5, 5.41) is 4.10.